The Morgan fingerprint density at radius 1 is 1.35 bits per heavy atom. The summed E-state index contributed by atoms with van der Waals surface area (Å²) < 4.78 is 9.07. The van der Waals surface area contributed by atoms with Crippen LogP contribution in [-0.2, 0) is 17.7 Å². The third kappa shape index (κ3) is 2.81. The van der Waals surface area contributed by atoms with E-state index in [1.165, 1.54) is 5.69 Å². The van der Waals surface area contributed by atoms with Crippen LogP contribution in [0, 0.1) is 18.8 Å². The maximum atomic E-state index is 6.51. The summed E-state index contributed by atoms with van der Waals surface area (Å²) >= 11 is 3.65. The fourth-order valence-corrected chi connectivity index (χ4v) is 3.90. The molecule has 0 amide bonds. The lowest BCUT2D eigenvalue weighted by Gasteiger charge is -2.26. The first-order valence-electron chi connectivity index (χ1n) is 7.49. The molecule has 0 bridgehead atoms. The van der Waals surface area contributed by atoms with Gasteiger partial charge < -0.3 is 10.5 Å². The monoisotopic (exact) mass is 343 g/mol. The molecule has 5 atom stereocenters. The highest BCUT2D eigenvalue weighted by Crippen LogP contribution is 2.35. The minimum atomic E-state index is 0.0997. The van der Waals surface area contributed by atoms with Gasteiger partial charge in [-0.1, -0.05) is 6.92 Å². The predicted molar refractivity (Wildman–Crippen MR) is 84.7 cm³/mol. The van der Waals surface area contributed by atoms with Crippen molar-refractivity contribution in [3.05, 3.63) is 15.9 Å². The normalized spacial score (nSPS) is 31.8. The van der Waals surface area contributed by atoms with Crippen molar-refractivity contribution < 1.29 is 4.74 Å². The van der Waals surface area contributed by atoms with Gasteiger partial charge in [0.2, 0.25) is 0 Å². The van der Waals surface area contributed by atoms with Gasteiger partial charge in [0.1, 0.15) is 0 Å². The molecule has 2 heterocycles. The lowest BCUT2D eigenvalue weighted by molar-refractivity contribution is 0.0489. The Balaban J connectivity index is 2.18. The van der Waals surface area contributed by atoms with Gasteiger partial charge in [-0.05, 0) is 49.5 Å². The molecule has 5 heteroatoms. The van der Waals surface area contributed by atoms with E-state index in [1.807, 2.05) is 11.6 Å². The van der Waals surface area contributed by atoms with E-state index in [-0.39, 0.29) is 12.1 Å². The predicted octanol–water partition coefficient (Wildman–Crippen LogP) is 2.90. The number of aromatic nitrogens is 2. The van der Waals surface area contributed by atoms with Gasteiger partial charge in [-0.3, -0.25) is 4.68 Å². The molecule has 2 rings (SSSR count). The number of halogens is 1. The van der Waals surface area contributed by atoms with Gasteiger partial charge in [0, 0.05) is 24.9 Å². The molecule has 1 aliphatic rings. The summed E-state index contributed by atoms with van der Waals surface area (Å²) in [7, 11) is 0. The molecule has 4 nitrogen and oxygen atoms in total. The number of ether oxygens (including phenoxy) is 1. The summed E-state index contributed by atoms with van der Waals surface area (Å²) in [5, 5.41) is 4.54. The van der Waals surface area contributed by atoms with Crippen molar-refractivity contribution in [2.24, 2.45) is 17.6 Å². The van der Waals surface area contributed by atoms with Crippen LogP contribution >= 0.6 is 15.9 Å². The molecule has 0 spiro atoms. The van der Waals surface area contributed by atoms with E-state index in [9.17, 15) is 0 Å². The van der Waals surface area contributed by atoms with Crippen LogP contribution in [-0.4, -0.2) is 28.0 Å². The molecular formula is C15H26BrN3O. The van der Waals surface area contributed by atoms with Crippen LogP contribution in [0.25, 0.3) is 0 Å². The molecule has 0 aliphatic carbocycles. The van der Waals surface area contributed by atoms with E-state index < -0.39 is 0 Å². The molecule has 1 aromatic rings. The minimum Gasteiger partial charge on any atom is -0.375 e. The Morgan fingerprint density at radius 3 is 2.50 bits per heavy atom. The molecule has 1 aromatic heterocycles. The molecule has 0 radical (unpaired) electrons. The molecule has 2 N–H and O–H groups in total. The van der Waals surface area contributed by atoms with Gasteiger partial charge in [-0.15, -0.1) is 0 Å². The number of nitrogens with two attached hydrogens (primary N) is 1. The van der Waals surface area contributed by atoms with Crippen LogP contribution in [0.15, 0.2) is 4.47 Å². The topological polar surface area (TPSA) is 53.1 Å². The summed E-state index contributed by atoms with van der Waals surface area (Å²) in [6.07, 6.45) is 1.36. The Bertz CT molecular complexity index is 474. The smallest absolute Gasteiger partial charge is 0.0738 e. The fraction of sp³-hybridized carbons (Fsp3) is 0.800. The van der Waals surface area contributed by atoms with Gasteiger partial charge in [0.15, 0.2) is 0 Å². The van der Waals surface area contributed by atoms with Crippen molar-refractivity contribution in [2.45, 2.75) is 65.8 Å². The second-order valence-corrected chi connectivity index (χ2v) is 6.81. The van der Waals surface area contributed by atoms with Gasteiger partial charge >= 0.3 is 0 Å². The quantitative estimate of drug-likeness (QED) is 0.914. The second kappa shape index (κ2) is 6.16. The summed E-state index contributed by atoms with van der Waals surface area (Å²) in [4.78, 5) is 0. The number of rotatable bonds is 4. The first kappa shape index (κ1) is 16.0. The van der Waals surface area contributed by atoms with Crippen LogP contribution in [0.5, 0.6) is 0 Å². The van der Waals surface area contributed by atoms with Gasteiger partial charge in [0.25, 0.3) is 0 Å². The third-order valence-electron chi connectivity index (χ3n) is 4.70. The maximum absolute atomic E-state index is 6.51. The minimum absolute atomic E-state index is 0.0997. The van der Waals surface area contributed by atoms with Crippen molar-refractivity contribution in [3.8, 4) is 0 Å². The molecule has 0 saturated carbocycles. The van der Waals surface area contributed by atoms with E-state index in [0.29, 0.717) is 17.9 Å². The van der Waals surface area contributed by atoms with Gasteiger partial charge in [0.05, 0.1) is 28.1 Å². The average molecular weight is 344 g/mol. The third-order valence-corrected chi connectivity index (χ3v) is 5.73. The highest BCUT2D eigenvalue weighted by atomic mass is 79.9. The van der Waals surface area contributed by atoms with Crippen LogP contribution < -0.4 is 5.73 Å². The van der Waals surface area contributed by atoms with E-state index in [4.69, 9.17) is 10.5 Å². The number of nitrogens with zero attached hydrogens (tertiary/aromatic N) is 2. The molecule has 5 unspecified atom stereocenters. The molecule has 1 aliphatic heterocycles. The average Bonchev–Trinajstić information content (AvgIpc) is 2.80. The van der Waals surface area contributed by atoms with E-state index in [2.05, 4.69) is 48.7 Å². The standard InChI is InChI=1S/C15H26BrN3O/c1-6-19-13(15(16)9(3)18-19)7-12(17)14-8(2)10(4)20-11(14)5/h8,10-12,14H,6-7,17H2,1-5H3. The van der Waals surface area contributed by atoms with Crippen molar-refractivity contribution in [1.29, 1.82) is 0 Å². The van der Waals surface area contributed by atoms with E-state index >= 15 is 0 Å². The molecule has 1 fully saturated rings. The van der Waals surface area contributed by atoms with Crippen LogP contribution in [0.4, 0.5) is 0 Å². The largest absolute Gasteiger partial charge is 0.375 e. The molecule has 0 aromatic carbocycles. The number of hydrogen-bond donors (Lipinski definition) is 1. The molecular weight excluding hydrogens is 318 g/mol. The molecule has 114 valence electrons. The second-order valence-electron chi connectivity index (χ2n) is 6.01. The Hall–Kier alpha value is -0.390. The Labute approximate surface area is 130 Å². The zero-order chi connectivity index (χ0) is 15.0. The van der Waals surface area contributed by atoms with Crippen LogP contribution in [0.3, 0.4) is 0 Å². The molecule has 20 heavy (non-hydrogen) atoms. The first-order valence-corrected chi connectivity index (χ1v) is 8.28. The van der Waals surface area contributed by atoms with Crippen molar-refractivity contribution >= 4 is 15.9 Å². The van der Waals surface area contributed by atoms with Gasteiger partial charge in [-0.2, -0.15) is 5.10 Å². The zero-order valence-electron chi connectivity index (χ0n) is 13.1. The highest BCUT2D eigenvalue weighted by Gasteiger charge is 2.40. The summed E-state index contributed by atoms with van der Waals surface area (Å²) in [5.74, 6) is 0.898. The van der Waals surface area contributed by atoms with E-state index in [1.54, 1.807) is 0 Å². The van der Waals surface area contributed by atoms with Crippen LogP contribution in [0.1, 0.15) is 39.1 Å². The van der Waals surface area contributed by atoms with Crippen LogP contribution in [0.2, 0.25) is 0 Å². The van der Waals surface area contributed by atoms with Gasteiger partial charge in [-0.25, -0.2) is 0 Å². The SMILES string of the molecule is CCn1nc(C)c(Br)c1CC(N)C1C(C)OC(C)C1C. The summed E-state index contributed by atoms with van der Waals surface area (Å²) in [6.45, 7) is 11.5. The lowest BCUT2D eigenvalue weighted by Crippen LogP contribution is -2.39. The Morgan fingerprint density at radius 2 is 2.00 bits per heavy atom. The number of hydrogen-bond acceptors (Lipinski definition) is 3. The summed E-state index contributed by atoms with van der Waals surface area (Å²) in [6, 6.07) is 0.0997. The zero-order valence-corrected chi connectivity index (χ0v) is 14.6. The first-order chi connectivity index (χ1) is 9.36. The van der Waals surface area contributed by atoms with Crippen molar-refractivity contribution in [1.82, 2.24) is 9.78 Å². The van der Waals surface area contributed by atoms with E-state index in [0.717, 1.165) is 23.1 Å². The Kier molecular flexibility index (Phi) is 4.92. The number of aryl methyl sites for hydroxylation is 2. The fourth-order valence-electron chi connectivity index (χ4n) is 3.46. The molecule has 1 saturated heterocycles. The highest BCUT2D eigenvalue weighted by molar-refractivity contribution is 9.10. The van der Waals surface area contributed by atoms with Crippen molar-refractivity contribution in [3.63, 3.8) is 0 Å². The summed E-state index contributed by atoms with van der Waals surface area (Å²) in [5.41, 5.74) is 8.75. The lowest BCUT2D eigenvalue weighted by atomic mass is 9.82. The maximum Gasteiger partial charge on any atom is 0.0738 e. The van der Waals surface area contributed by atoms with Crippen molar-refractivity contribution in [2.75, 3.05) is 0 Å².